The van der Waals surface area contributed by atoms with E-state index in [1.54, 1.807) is 0 Å². The Kier molecular flexibility index (Phi) is 3.15. The molecular formula is C13H19N5. The molecule has 0 amide bonds. The molecule has 3 rings (SSSR count). The van der Waals surface area contributed by atoms with Gasteiger partial charge in [0, 0.05) is 26.3 Å². The predicted octanol–water partition coefficient (Wildman–Crippen LogP) is 1.48. The first-order valence-corrected chi connectivity index (χ1v) is 6.57. The maximum atomic E-state index is 4.39. The van der Waals surface area contributed by atoms with Crippen molar-refractivity contribution < 1.29 is 0 Å². The van der Waals surface area contributed by atoms with E-state index in [1.807, 2.05) is 30.2 Å². The SMILES string of the molecule is Cn1cnc2c(NCCN3CCCC3)nccc21. The molecule has 0 spiro atoms. The average Bonchev–Trinajstić information content (AvgIpc) is 3.01. The second-order valence-corrected chi connectivity index (χ2v) is 4.86. The normalized spacial score (nSPS) is 16.5. The first-order valence-electron chi connectivity index (χ1n) is 6.57. The highest BCUT2D eigenvalue weighted by Crippen LogP contribution is 2.18. The Balaban J connectivity index is 1.66. The van der Waals surface area contributed by atoms with Crippen molar-refractivity contribution in [3.05, 3.63) is 18.6 Å². The van der Waals surface area contributed by atoms with Crippen LogP contribution in [0, 0.1) is 0 Å². The molecule has 18 heavy (non-hydrogen) atoms. The summed E-state index contributed by atoms with van der Waals surface area (Å²) in [7, 11) is 2.00. The summed E-state index contributed by atoms with van der Waals surface area (Å²) in [5.41, 5.74) is 2.08. The zero-order valence-corrected chi connectivity index (χ0v) is 10.8. The van der Waals surface area contributed by atoms with Gasteiger partial charge in [-0.2, -0.15) is 0 Å². The zero-order valence-electron chi connectivity index (χ0n) is 10.8. The Bertz CT molecular complexity index is 527. The fourth-order valence-corrected chi connectivity index (χ4v) is 2.53. The van der Waals surface area contributed by atoms with Crippen LogP contribution in [0.4, 0.5) is 5.82 Å². The minimum atomic E-state index is 0.896. The van der Waals surface area contributed by atoms with Gasteiger partial charge in [0.1, 0.15) is 5.52 Å². The number of imidazole rings is 1. The number of likely N-dealkylation sites (tertiary alicyclic amines) is 1. The topological polar surface area (TPSA) is 46.0 Å². The molecule has 0 unspecified atom stereocenters. The maximum Gasteiger partial charge on any atom is 0.154 e. The summed E-state index contributed by atoms with van der Waals surface area (Å²) in [6, 6.07) is 1.99. The van der Waals surface area contributed by atoms with Crippen LogP contribution in [0.2, 0.25) is 0 Å². The van der Waals surface area contributed by atoms with Crippen molar-refractivity contribution >= 4 is 16.9 Å². The van der Waals surface area contributed by atoms with Gasteiger partial charge in [0.2, 0.25) is 0 Å². The van der Waals surface area contributed by atoms with E-state index in [9.17, 15) is 0 Å². The molecule has 0 radical (unpaired) electrons. The second kappa shape index (κ2) is 4.94. The number of hydrogen-bond donors (Lipinski definition) is 1. The quantitative estimate of drug-likeness (QED) is 0.886. The van der Waals surface area contributed by atoms with Crippen molar-refractivity contribution in [1.29, 1.82) is 0 Å². The minimum Gasteiger partial charge on any atom is -0.367 e. The molecule has 0 bridgehead atoms. The van der Waals surface area contributed by atoms with Gasteiger partial charge in [-0.15, -0.1) is 0 Å². The van der Waals surface area contributed by atoms with Crippen LogP contribution in [-0.4, -0.2) is 45.6 Å². The summed E-state index contributed by atoms with van der Waals surface area (Å²) in [5.74, 6) is 0.896. The first kappa shape index (κ1) is 11.5. The summed E-state index contributed by atoms with van der Waals surface area (Å²) < 4.78 is 2.02. The molecule has 2 aromatic heterocycles. The van der Waals surface area contributed by atoms with Gasteiger partial charge in [-0.3, -0.25) is 0 Å². The summed E-state index contributed by atoms with van der Waals surface area (Å²) in [5, 5.41) is 3.40. The molecular weight excluding hydrogens is 226 g/mol. The van der Waals surface area contributed by atoms with Crippen molar-refractivity contribution in [2.75, 3.05) is 31.5 Å². The van der Waals surface area contributed by atoms with Crippen molar-refractivity contribution in [3.8, 4) is 0 Å². The zero-order chi connectivity index (χ0) is 12.4. The largest absolute Gasteiger partial charge is 0.367 e. The van der Waals surface area contributed by atoms with Gasteiger partial charge in [-0.25, -0.2) is 9.97 Å². The number of fused-ring (bicyclic) bond motifs is 1. The molecule has 96 valence electrons. The number of rotatable bonds is 4. The van der Waals surface area contributed by atoms with E-state index in [0.29, 0.717) is 0 Å². The summed E-state index contributed by atoms with van der Waals surface area (Å²) >= 11 is 0. The Morgan fingerprint density at radius 2 is 2.11 bits per heavy atom. The Morgan fingerprint density at radius 3 is 2.94 bits per heavy atom. The number of nitrogens with zero attached hydrogens (tertiary/aromatic N) is 4. The van der Waals surface area contributed by atoms with Crippen LogP contribution in [0.1, 0.15) is 12.8 Å². The molecule has 0 aliphatic carbocycles. The number of nitrogens with one attached hydrogen (secondary N) is 1. The monoisotopic (exact) mass is 245 g/mol. The highest BCUT2D eigenvalue weighted by molar-refractivity contribution is 5.85. The standard InChI is InChI=1S/C13H19N5/c1-17-10-16-12-11(17)4-5-14-13(12)15-6-9-18-7-2-3-8-18/h4-5,10H,2-3,6-9H2,1H3,(H,14,15). The molecule has 0 aromatic carbocycles. The lowest BCUT2D eigenvalue weighted by atomic mass is 10.3. The third-order valence-electron chi connectivity index (χ3n) is 3.56. The van der Waals surface area contributed by atoms with Crippen LogP contribution in [-0.2, 0) is 7.05 Å². The van der Waals surface area contributed by atoms with E-state index in [-0.39, 0.29) is 0 Å². The van der Waals surface area contributed by atoms with Gasteiger partial charge in [-0.05, 0) is 32.0 Å². The van der Waals surface area contributed by atoms with Crippen molar-refractivity contribution in [3.63, 3.8) is 0 Å². The minimum absolute atomic E-state index is 0.896. The summed E-state index contributed by atoms with van der Waals surface area (Å²) in [6.45, 7) is 4.50. The van der Waals surface area contributed by atoms with Crippen LogP contribution in [0.25, 0.3) is 11.0 Å². The van der Waals surface area contributed by atoms with Crippen molar-refractivity contribution in [2.24, 2.45) is 7.05 Å². The van der Waals surface area contributed by atoms with Gasteiger partial charge < -0.3 is 14.8 Å². The third-order valence-corrected chi connectivity index (χ3v) is 3.56. The lowest BCUT2D eigenvalue weighted by molar-refractivity contribution is 0.352. The van der Waals surface area contributed by atoms with E-state index in [1.165, 1.54) is 25.9 Å². The number of hydrogen-bond acceptors (Lipinski definition) is 4. The fourth-order valence-electron chi connectivity index (χ4n) is 2.53. The fraction of sp³-hybridized carbons (Fsp3) is 0.538. The number of anilines is 1. The third kappa shape index (κ3) is 2.18. The van der Waals surface area contributed by atoms with E-state index < -0.39 is 0 Å². The summed E-state index contributed by atoms with van der Waals surface area (Å²) in [4.78, 5) is 11.3. The van der Waals surface area contributed by atoms with Crippen LogP contribution in [0.5, 0.6) is 0 Å². The van der Waals surface area contributed by atoms with Gasteiger partial charge >= 0.3 is 0 Å². The molecule has 3 heterocycles. The Labute approximate surface area is 107 Å². The van der Waals surface area contributed by atoms with E-state index in [2.05, 4.69) is 20.2 Å². The van der Waals surface area contributed by atoms with Crippen molar-refractivity contribution in [2.45, 2.75) is 12.8 Å². The molecule has 1 saturated heterocycles. The highest BCUT2D eigenvalue weighted by Gasteiger charge is 2.11. The van der Waals surface area contributed by atoms with Crippen LogP contribution < -0.4 is 5.32 Å². The lowest BCUT2D eigenvalue weighted by Gasteiger charge is -2.15. The first-order chi connectivity index (χ1) is 8.84. The molecule has 0 atom stereocenters. The van der Waals surface area contributed by atoms with Crippen LogP contribution in [0.15, 0.2) is 18.6 Å². The molecule has 0 saturated carbocycles. The average molecular weight is 245 g/mol. The molecule has 5 nitrogen and oxygen atoms in total. The van der Waals surface area contributed by atoms with Gasteiger partial charge in [0.25, 0.3) is 0 Å². The molecule has 2 aromatic rings. The van der Waals surface area contributed by atoms with Gasteiger partial charge in [0.05, 0.1) is 11.8 Å². The van der Waals surface area contributed by atoms with Gasteiger partial charge in [0.15, 0.2) is 5.82 Å². The molecule has 1 fully saturated rings. The maximum absolute atomic E-state index is 4.39. The smallest absolute Gasteiger partial charge is 0.154 e. The van der Waals surface area contributed by atoms with Gasteiger partial charge in [-0.1, -0.05) is 0 Å². The summed E-state index contributed by atoms with van der Waals surface area (Å²) in [6.07, 6.45) is 6.35. The molecule has 5 heteroatoms. The molecule has 1 N–H and O–H groups in total. The predicted molar refractivity (Wildman–Crippen MR) is 72.7 cm³/mol. The lowest BCUT2D eigenvalue weighted by Crippen LogP contribution is -2.26. The molecule has 1 aliphatic rings. The van der Waals surface area contributed by atoms with Crippen molar-refractivity contribution in [1.82, 2.24) is 19.4 Å². The second-order valence-electron chi connectivity index (χ2n) is 4.86. The highest BCUT2D eigenvalue weighted by atomic mass is 15.2. The molecule has 1 aliphatic heterocycles. The Morgan fingerprint density at radius 1 is 1.28 bits per heavy atom. The number of pyridine rings is 1. The van der Waals surface area contributed by atoms with Crippen LogP contribution >= 0.6 is 0 Å². The number of aryl methyl sites for hydroxylation is 1. The van der Waals surface area contributed by atoms with E-state index >= 15 is 0 Å². The van der Waals surface area contributed by atoms with Crippen LogP contribution in [0.3, 0.4) is 0 Å². The Hall–Kier alpha value is -1.62. The number of aromatic nitrogens is 3. The van der Waals surface area contributed by atoms with E-state index in [4.69, 9.17) is 0 Å². The van der Waals surface area contributed by atoms with E-state index in [0.717, 1.165) is 29.9 Å².